The monoisotopic (exact) mass is 593 g/mol. The van der Waals surface area contributed by atoms with Crippen LogP contribution in [0.15, 0.2) is 110 Å². The Balaban J connectivity index is 1.39. The molecule has 0 aliphatic heterocycles. The van der Waals surface area contributed by atoms with E-state index in [1.54, 1.807) is 37.6 Å². The lowest BCUT2D eigenvalue weighted by atomic mass is 10.2. The van der Waals surface area contributed by atoms with E-state index in [2.05, 4.69) is 21.0 Å². The molecule has 8 heteroatoms. The van der Waals surface area contributed by atoms with Gasteiger partial charge in [-0.05, 0) is 70.4 Å². The highest BCUT2D eigenvalue weighted by atomic mass is 79.9. The Hall–Kier alpha value is -4.69. The average molecular weight is 594 g/mol. The molecule has 2 aromatic heterocycles. The molecule has 0 atom stereocenters. The second-order valence-electron chi connectivity index (χ2n) is 9.27. The summed E-state index contributed by atoms with van der Waals surface area (Å²) < 4.78 is 19.7. The van der Waals surface area contributed by atoms with E-state index in [0.717, 1.165) is 10.9 Å². The van der Waals surface area contributed by atoms with Crippen LogP contribution in [-0.4, -0.2) is 23.0 Å². The quantitative estimate of drug-likeness (QED) is 0.181. The number of furan rings is 1. The number of aryl methyl sites for hydroxylation is 1. The van der Waals surface area contributed by atoms with Crippen molar-refractivity contribution in [2.24, 2.45) is 5.10 Å². The van der Waals surface area contributed by atoms with Crippen LogP contribution < -0.4 is 15.0 Å². The van der Waals surface area contributed by atoms with Gasteiger partial charge in [-0.15, -0.1) is 0 Å². The molecule has 0 saturated heterocycles. The van der Waals surface area contributed by atoms with Gasteiger partial charge in [-0.25, -0.2) is 4.98 Å². The third-order valence-corrected chi connectivity index (χ3v) is 7.07. The van der Waals surface area contributed by atoms with E-state index in [9.17, 15) is 4.79 Å². The number of nitrogens with zero attached hydrogens (tertiary/aromatic N) is 3. The predicted octanol–water partition coefficient (Wildman–Crippen LogP) is 7.35. The van der Waals surface area contributed by atoms with Gasteiger partial charge in [0, 0.05) is 5.39 Å². The van der Waals surface area contributed by atoms with Gasteiger partial charge in [0.2, 0.25) is 5.82 Å². The third kappa shape index (κ3) is 5.01. The molecule has 0 spiro atoms. The lowest BCUT2D eigenvalue weighted by Crippen LogP contribution is -2.20. The van der Waals surface area contributed by atoms with Crippen molar-refractivity contribution in [1.82, 2.24) is 9.66 Å². The summed E-state index contributed by atoms with van der Waals surface area (Å²) in [6, 6.07) is 28.5. The van der Waals surface area contributed by atoms with E-state index in [1.165, 1.54) is 10.2 Å². The van der Waals surface area contributed by atoms with Crippen LogP contribution in [0.1, 0.15) is 16.7 Å². The molecule has 7 nitrogen and oxygen atoms in total. The number of fused-ring (bicyclic) bond motifs is 2. The zero-order valence-corrected chi connectivity index (χ0v) is 23.4. The van der Waals surface area contributed by atoms with Gasteiger partial charge in [-0.3, -0.25) is 4.79 Å². The minimum absolute atomic E-state index is 0.304. The second-order valence-corrected chi connectivity index (χ2v) is 10.1. The van der Waals surface area contributed by atoms with Crippen LogP contribution in [0.5, 0.6) is 11.5 Å². The Kier molecular flexibility index (Phi) is 6.92. The molecule has 4 aromatic carbocycles. The highest BCUT2D eigenvalue weighted by Crippen LogP contribution is 2.37. The van der Waals surface area contributed by atoms with Gasteiger partial charge >= 0.3 is 0 Å². The largest absolute Gasteiger partial charge is 0.493 e. The standard InChI is InChI=1S/C32H24BrN3O4/c1-20-11-13-21(14-12-20)19-39-30-25(33)15-22(16-28(30)38-2)18-34-36-31(29-17-23-7-3-6-10-27(23)40-29)35-26-9-5-4-8-24(26)32(36)37/h3-18H,19H2,1-2H3. The normalized spacial score (nSPS) is 11.5. The van der Waals surface area contributed by atoms with Gasteiger partial charge in [0.15, 0.2) is 17.3 Å². The van der Waals surface area contributed by atoms with Crippen molar-refractivity contribution in [2.45, 2.75) is 13.5 Å². The van der Waals surface area contributed by atoms with E-state index >= 15 is 0 Å². The molecule has 0 fully saturated rings. The number of ether oxygens (including phenoxy) is 2. The molecular formula is C32H24BrN3O4. The smallest absolute Gasteiger partial charge is 0.282 e. The highest BCUT2D eigenvalue weighted by molar-refractivity contribution is 9.10. The molecular weight excluding hydrogens is 570 g/mol. The van der Waals surface area contributed by atoms with Crippen molar-refractivity contribution in [3.63, 3.8) is 0 Å². The molecule has 0 bridgehead atoms. The van der Waals surface area contributed by atoms with E-state index < -0.39 is 0 Å². The zero-order chi connectivity index (χ0) is 27.6. The first kappa shape index (κ1) is 25.6. The fraction of sp³-hybridized carbons (Fsp3) is 0.0938. The van der Waals surface area contributed by atoms with Crippen LogP contribution in [0.2, 0.25) is 0 Å². The van der Waals surface area contributed by atoms with Crippen LogP contribution >= 0.6 is 15.9 Å². The SMILES string of the molecule is COc1cc(C=Nn2c(-c3cc4ccccc4o3)nc3ccccc3c2=O)cc(Br)c1OCc1ccc(C)cc1. The van der Waals surface area contributed by atoms with Gasteiger partial charge in [-0.2, -0.15) is 9.78 Å². The summed E-state index contributed by atoms with van der Waals surface area (Å²) >= 11 is 3.61. The summed E-state index contributed by atoms with van der Waals surface area (Å²) in [4.78, 5) is 18.3. The summed E-state index contributed by atoms with van der Waals surface area (Å²) in [5.74, 6) is 1.86. The van der Waals surface area contributed by atoms with Crippen LogP contribution in [0.4, 0.5) is 0 Å². The van der Waals surface area contributed by atoms with E-state index in [-0.39, 0.29) is 5.56 Å². The minimum atomic E-state index is -0.304. The topological polar surface area (TPSA) is 78.9 Å². The number of hydrogen-bond donors (Lipinski definition) is 0. The maximum atomic E-state index is 13.6. The number of benzene rings is 4. The third-order valence-electron chi connectivity index (χ3n) is 6.48. The van der Waals surface area contributed by atoms with Crippen molar-refractivity contribution in [3.8, 4) is 23.1 Å². The molecule has 0 amide bonds. The molecule has 2 heterocycles. The van der Waals surface area contributed by atoms with Crippen LogP contribution in [0.25, 0.3) is 33.5 Å². The van der Waals surface area contributed by atoms with Crippen LogP contribution in [-0.2, 0) is 6.61 Å². The molecule has 0 N–H and O–H groups in total. The summed E-state index contributed by atoms with van der Waals surface area (Å²) in [6.45, 7) is 2.44. The van der Waals surface area contributed by atoms with E-state index in [4.69, 9.17) is 18.9 Å². The molecule has 0 radical (unpaired) electrons. The number of methoxy groups -OCH3 is 1. The molecule has 40 heavy (non-hydrogen) atoms. The molecule has 0 aliphatic carbocycles. The van der Waals surface area contributed by atoms with Gasteiger partial charge in [-0.1, -0.05) is 60.2 Å². The van der Waals surface area contributed by atoms with Gasteiger partial charge in [0.1, 0.15) is 12.2 Å². The number of hydrogen-bond acceptors (Lipinski definition) is 6. The fourth-order valence-electron chi connectivity index (χ4n) is 4.40. The van der Waals surface area contributed by atoms with Crippen molar-refractivity contribution in [2.75, 3.05) is 7.11 Å². The Labute approximate surface area is 238 Å². The molecule has 0 unspecified atom stereocenters. The average Bonchev–Trinajstić information content (AvgIpc) is 3.41. The number of rotatable bonds is 7. The molecule has 6 aromatic rings. The van der Waals surface area contributed by atoms with Gasteiger partial charge < -0.3 is 13.9 Å². The second kappa shape index (κ2) is 10.8. The molecule has 0 aliphatic rings. The number of aromatic nitrogens is 2. The summed E-state index contributed by atoms with van der Waals surface area (Å²) in [5, 5.41) is 5.92. The van der Waals surface area contributed by atoms with Crippen LogP contribution in [0.3, 0.4) is 0 Å². The van der Waals surface area contributed by atoms with Crippen molar-refractivity contribution >= 4 is 44.0 Å². The van der Waals surface area contributed by atoms with Crippen molar-refractivity contribution in [3.05, 3.63) is 123 Å². The Morgan fingerprint density at radius 3 is 2.58 bits per heavy atom. The first-order valence-electron chi connectivity index (χ1n) is 12.6. The van der Waals surface area contributed by atoms with Crippen molar-refractivity contribution in [1.29, 1.82) is 0 Å². The summed E-state index contributed by atoms with van der Waals surface area (Å²) in [5.41, 5.74) is 3.89. The fourth-order valence-corrected chi connectivity index (χ4v) is 4.98. The van der Waals surface area contributed by atoms with Crippen molar-refractivity contribution < 1.29 is 13.9 Å². The molecule has 6 rings (SSSR count). The minimum Gasteiger partial charge on any atom is -0.493 e. The first-order chi connectivity index (χ1) is 19.5. The molecule has 198 valence electrons. The Morgan fingerprint density at radius 2 is 1.77 bits per heavy atom. The lowest BCUT2D eigenvalue weighted by molar-refractivity contribution is 0.282. The Morgan fingerprint density at radius 1 is 1.00 bits per heavy atom. The summed E-state index contributed by atoms with van der Waals surface area (Å²) in [7, 11) is 1.58. The number of para-hydroxylation sites is 2. The maximum Gasteiger partial charge on any atom is 0.282 e. The highest BCUT2D eigenvalue weighted by Gasteiger charge is 2.17. The maximum absolute atomic E-state index is 13.6. The number of halogens is 1. The summed E-state index contributed by atoms with van der Waals surface area (Å²) in [6.07, 6.45) is 1.58. The zero-order valence-electron chi connectivity index (χ0n) is 21.8. The first-order valence-corrected chi connectivity index (χ1v) is 13.4. The lowest BCUT2D eigenvalue weighted by Gasteiger charge is -2.14. The van der Waals surface area contributed by atoms with Crippen LogP contribution in [0, 0.1) is 6.92 Å². The van der Waals surface area contributed by atoms with Gasteiger partial charge in [0.25, 0.3) is 5.56 Å². The molecule has 0 saturated carbocycles. The van der Waals surface area contributed by atoms with E-state index in [1.807, 2.05) is 73.7 Å². The predicted molar refractivity (Wildman–Crippen MR) is 160 cm³/mol. The van der Waals surface area contributed by atoms with Gasteiger partial charge in [0.05, 0.1) is 28.7 Å². The van der Waals surface area contributed by atoms with E-state index in [0.29, 0.717) is 56.2 Å². The Bertz CT molecular complexity index is 1910.